The lowest BCUT2D eigenvalue weighted by Crippen LogP contribution is -2.50. The summed E-state index contributed by atoms with van der Waals surface area (Å²) in [4.78, 5) is 45.6. The smallest absolute Gasteiger partial charge is 0.345 e. The van der Waals surface area contributed by atoms with Gasteiger partial charge in [0.1, 0.15) is 5.56 Å². The van der Waals surface area contributed by atoms with Gasteiger partial charge in [-0.3, -0.25) is 20.2 Å². The van der Waals surface area contributed by atoms with E-state index < -0.39 is 40.2 Å². The number of rotatable bonds is 4. The summed E-state index contributed by atoms with van der Waals surface area (Å²) in [6.45, 7) is 6.45. The molecule has 0 fully saturated rings. The molecule has 0 saturated heterocycles. The Balaban J connectivity index is 2.72. The first kappa shape index (κ1) is 19.1. The van der Waals surface area contributed by atoms with Crippen LogP contribution in [-0.2, 0) is 9.53 Å². The number of carbonyl (C=O) groups is 3. The van der Waals surface area contributed by atoms with Crippen LogP contribution in [0, 0.1) is 10.1 Å². The Hall–Kier alpha value is -2.97. The van der Waals surface area contributed by atoms with Crippen molar-refractivity contribution < 1.29 is 24.0 Å². The molecule has 9 nitrogen and oxygen atoms in total. The molecule has 0 bridgehead atoms. The molecule has 0 radical (unpaired) electrons. The Morgan fingerprint density at radius 3 is 2.33 bits per heavy atom. The molecular formula is C15H19N3O6. The minimum Gasteiger partial charge on any atom is -0.449 e. The number of para-hydroxylation sites is 1. The van der Waals surface area contributed by atoms with Crippen molar-refractivity contribution in [1.29, 1.82) is 0 Å². The van der Waals surface area contributed by atoms with E-state index in [4.69, 9.17) is 4.74 Å². The van der Waals surface area contributed by atoms with Crippen LogP contribution in [0.4, 0.5) is 10.5 Å². The van der Waals surface area contributed by atoms with Crippen molar-refractivity contribution >= 4 is 23.6 Å². The Morgan fingerprint density at radius 1 is 1.21 bits per heavy atom. The summed E-state index contributed by atoms with van der Waals surface area (Å²) in [6, 6.07) is 4.48. The van der Waals surface area contributed by atoms with Crippen molar-refractivity contribution in [1.82, 2.24) is 10.6 Å². The van der Waals surface area contributed by atoms with Crippen LogP contribution in [0.25, 0.3) is 0 Å². The minimum absolute atomic E-state index is 0.277. The van der Waals surface area contributed by atoms with Gasteiger partial charge in [-0.15, -0.1) is 0 Å². The number of urea groups is 1. The standard InChI is InChI=1S/C15H19N3O6/c1-9(12(19)16-14(21)17-15(2,3)4)24-13(20)10-7-5-6-8-11(10)18(22)23/h5-9H,1-4H3,(H2,16,17,19,21). The summed E-state index contributed by atoms with van der Waals surface area (Å²) in [7, 11) is 0. The Morgan fingerprint density at radius 2 is 1.79 bits per heavy atom. The van der Waals surface area contributed by atoms with E-state index in [-0.39, 0.29) is 5.56 Å². The van der Waals surface area contributed by atoms with Gasteiger partial charge in [-0.2, -0.15) is 0 Å². The highest BCUT2D eigenvalue weighted by atomic mass is 16.6. The molecule has 1 unspecified atom stereocenters. The molecule has 0 spiro atoms. The third kappa shape index (κ3) is 5.67. The molecule has 9 heteroatoms. The van der Waals surface area contributed by atoms with Gasteiger partial charge in [-0.1, -0.05) is 12.1 Å². The fourth-order valence-electron chi connectivity index (χ4n) is 1.67. The van der Waals surface area contributed by atoms with Crippen LogP contribution in [0.1, 0.15) is 38.1 Å². The quantitative estimate of drug-likeness (QED) is 0.489. The minimum atomic E-state index is -1.30. The second-order valence-electron chi connectivity index (χ2n) is 6.02. The normalized spacial score (nSPS) is 12.0. The number of hydrogen-bond donors (Lipinski definition) is 2. The second kappa shape index (κ2) is 7.53. The van der Waals surface area contributed by atoms with Gasteiger partial charge in [0.25, 0.3) is 11.6 Å². The van der Waals surface area contributed by atoms with Crippen LogP contribution >= 0.6 is 0 Å². The molecule has 1 aromatic carbocycles. The Bertz CT molecular complexity index is 665. The molecule has 0 saturated carbocycles. The molecule has 0 aliphatic rings. The van der Waals surface area contributed by atoms with E-state index in [0.29, 0.717) is 0 Å². The molecular weight excluding hydrogens is 318 g/mol. The van der Waals surface area contributed by atoms with E-state index in [9.17, 15) is 24.5 Å². The monoisotopic (exact) mass is 337 g/mol. The molecule has 24 heavy (non-hydrogen) atoms. The van der Waals surface area contributed by atoms with Gasteiger partial charge in [0.05, 0.1) is 4.92 Å². The average molecular weight is 337 g/mol. The molecule has 1 atom stereocenters. The summed E-state index contributed by atoms with van der Waals surface area (Å²) in [5, 5.41) is 15.4. The second-order valence-corrected chi connectivity index (χ2v) is 6.02. The number of nitrogens with zero attached hydrogens (tertiary/aromatic N) is 1. The van der Waals surface area contributed by atoms with Gasteiger partial charge in [-0.25, -0.2) is 9.59 Å². The lowest BCUT2D eigenvalue weighted by Gasteiger charge is -2.21. The Labute approximate surface area is 138 Å². The summed E-state index contributed by atoms with van der Waals surface area (Å²) < 4.78 is 4.88. The first-order chi connectivity index (χ1) is 11.0. The number of imide groups is 1. The van der Waals surface area contributed by atoms with E-state index in [1.54, 1.807) is 20.8 Å². The number of nitro benzene ring substituents is 1. The van der Waals surface area contributed by atoms with Crippen LogP contribution in [0.2, 0.25) is 0 Å². The third-order valence-electron chi connectivity index (χ3n) is 2.70. The van der Waals surface area contributed by atoms with Crippen LogP contribution in [0.5, 0.6) is 0 Å². The number of hydrogen-bond acceptors (Lipinski definition) is 6. The molecule has 3 amide bonds. The fraction of sp³-hybridized carbons (Fsp3) is 0.400. The van der Waals surface area contributed by atoms with E-state index in [0.717, 1.165) is 6.07 Å². The van der Waals surface area contributed by atoms with Crippen molar-refractivity contribution in [3.05, 3.63) is 39.9 Å². The first-order valence-corrected chi connectivity index (χ1v) is 7.08. The molecule has 1 rings (SSSR count). The number of amides is 3. The highest BCUT2D eigenvalue weighted by molar-refractivity contribution is 5.99. The van der Waals surface area contributed by atoms with Gasteiger partial charge in [0, 0.05) is 11.6 Å². The first-order valence-electron chi connectivity index (χ1n) is 7.08. The maximum absolute atomic E-state index is 12.0. The van der Waals surface area contributed by atoms with Gasteiger partial charge in [0.2, 0.25) is 0 Å². The Kier molecular flexibility index (Phi) is 5.99. The third-order valence-corrected chi connectivity index (χ3v) is 2.70. The van der Waals surface area contributed by atoms with Crippen LogP contribution in [0.3, 0.4) is 0 Å². The molecule has 2 N–H and O–H groups in total. The topological polar surface area (TPSA) is 128 Å². The van der Waals surface area contributed by atoms with Crippen molar-refractivity contribution in [2.75, 3.05) is 0 Å². The predicted octanol–water partition coefficient (Wildman–Crippen LogP) is 1.76. The SMILES string of the molecule is CC(OC(=O)c1ccccc1[N+](=O)[O-])C(=O)NC(=O)NC(C)(C)C. The number of nitrogens with one attached hydrogen (secondary N) is 2. The maximum Gasteiger partial charge on any atom is 0.345 e. The number of nitro groups is 1. The van der Waals surface area contributed by atoms with Gasteiger partial charge in [-0.05, 0) is 33.8 Å². The van der Waals surface area contributed by atoms with Crippen LogP contribution < -0.4 is 10.6 Å². The summed E-state index contributed by atoms with van der Waals surface area (Å²) in [5.41, 5.74) is -1.25. The van der Waals surface area contributed by atoms with Crippen molar-refractivity contribution in [2.45, 2.75) is 39.3 Å². The zero-order valence-electron chi connectivity index (χ0n) is 13.8. The summed E-state index contributed by atoms with van der Waals surface area (Å²) in [6.07, 6.45) is -1.30. The lowest BCUT2D eigenvalue weighted by atomic mass is 10.1. The largest absolute Gasteiger partial charge is 0.449 e. The molecule has 0 aliphatic carbocycles. The molecule has 0 heterocycles. The van der Waals surface area contributed by atoms with Gasteiger partial charge < -0.3 is 10.1 Å². The van der Waals surface area contributed by atoms with Gasteiger partial charge >= 0.3 is 12.0 Å². The molecule has 0 aliphatic heterocycles. The summed E-state index contributed by atoms with van der Waals surface area (Å²) >= 11 is 0. The zero-order valence-corrected chi connectivity index (χ0v) is 13.8. The number of carbonyl (C=O) groups excluding carboxylic acids is 3. The zero-order chi connectivity index (χ0) is 18.5. The highest BCUT2D eigenvalue weighted by Gasteiger charge is 2.26. The summed E-state index contributed by atoms with van der Waals surface area (Å²) in [5.74, 6) is -1.87. The number of benzene rings is 1. The van der Waals surface area contributed by atoms with Crippen molar-refractivity contribution in [3.8, 4) is 0 Å². The van der Waals surface area contributed by atoms with Crippen molar-refractivity contribution in [3.63, 3.8) is 0 Å². The van der Waals surface area contributed by atoms with E-state index in [2.05, 4.69) is 5.32 Å². The maximum atomic E-state index is 12.0. The average Bonchev–Trinajstić information content (AvgIpc) is 2.44. The molecule has 0 aromatic heterocycles. The van der Waals surface area contributed by atoms with Crippen LogP contribution in [0.15, 0.2) is 24.3 Å². The van der Waals surface area contributed by atoms with Crippen molar-refractivity contribution in [2.24, 2.45) is 0 Å². The van der Waals surface area contributed by atoms with E-state index >= 15 is 0 Å². The molecule has 130 valence electrons. The van der Waals surface area contributed by atoms with Crippen LogP contribution in [-0.4, -0.2) is 34.5 Å². The fourth-order valence-corrected chi connectivity index (χ4v) is 1.67. The van der Waals surface area contributed by atoms with Gasteiger partial charge in [0.15, 0.2) is 6.10 Å². The number of esters is 1. The predicted molar refractivity (Wildman–Crippen MR) is 84.4 cm³/mol. The lowest BCUT2D eigenvalue weighted by molar-refractivity contribution is -0.385. The van der Waals surface area contributed by atoms with E-state index in [1.807, 2.05) is 5.32 Å². The van der Waals surface area contributed by atoms with E-state index in [1.165, 1.54) is 25.1 Å². The number of ether oxygens (including phenoxy) is 1. The highest BCUT2D eigenvalue weighted by Crippen LogP contribution is 2.19. The molecule has 1 aromatic rings.